The van der Waals surface area contributed by atoms with Gasteiger partial charge in [0.2, 0.25) is 0 Å². The second-order valence-corrected chi connectivity index (χ2v) is 6.28. The fourth-order valence-corrected chi connectivity index (χ4v) is 3.09. The molecule has 1 aliphatic heterocycles. The third-order valence-corrected chi connectivity index (χ3v) is 4.59. The van der Waals surface area contributed by atoms with Gasteiger partial charge in [-0.1, -0.05) is 12.1 Å². The van der Waals surface area contributed by atoms with Gasteiger partial charge in [-0.05, 0) is 32.4 Å². The van der Waals surface area contributed by atoms with Gasteiger partial charge in [-0.2, -0.15) is 0 Å². The highest BCUT2D eigenvalue weighted by atomic mass is 32.2. The quantitative estimate of drug-likeness (QED) is 0.711. The van der Waals surface area contributed by atoms with E-state index in [4.69, 9.17) is 0 Å². The summed E-state index contributed by atoms with van der Waals surface area (Å²) in [5.74, 6) is 0. The number of hydrogen-bond donors (Lipinski definition) is 1. The summed E-state index contributed by atoms with van der Waals surface area (Å²) in [6.07, 6.45) is 0.939. The second-order valence-electron chi connectivity index (χ2n) is 4.20. The number of anilines is 1. The molecule has 76 valence electrons. The molecule has 0 bridgehead atoms. The maximum absolute atomic E-state index is 12.2. The average Bonchev–Trinajstić information content (AvgIpc) is 2.27. The first-order chi connectivity index (χ1) is 6.61. The largest absolute Gasteiger partial charge is 0.384 e. The lowest BCUT2D eigenvalue weighted by atomic mass is 10.1. The van der Waals surface area contributed by atoms with Crippen LogP contribution in [0.4, 0.5) is 5.69 Å². The van der Waals surface area contributed by atoms with Crippen LogP contribution >= 0.6 is 0 Å². The van der Waals surface area contributed by atoms with Crippen molar-refractivity contribution in [1.29, 1.82) is 0 Å². The Balaban J connectivity index is 2.51. The molecular weight excluding hydrogens is 194 g/mol. The number of rotatable bonds is 0. The van der Waals surface area contributed by atoms with Crippen molar-refractivity contribution in [2.45, 2.75) is 29.9 Å². The highest BCUT2D eigenvalue weighted by molar-refractivity contribution is 7.86. The molecule has 1 N–H and O–H groups in total. The molecule has 0 saturated heterocycles. The predicted molar refractivity (Wildman–Crippen MR) is 60.0 cm³/mol. The van der Waals surface area contributed by atoms with E-state index in [-0.39, 0.29) is 4.75 Å². The van der Waals surface area contributed by atoms with Crippen LogP contribution in [0.2, 0.25) is 0 Å². The van der Waals surface area contributed by atoms with Crippen LogP contribution in [-0.4, -0.2) is 15.5 Å². The molecule has 0 radical (unpaired) electrons. The summed E-state index contributed by atoms with van der Waals surface area (Å²) in [5.41, 5.74) is 1.02. The van der Waals surface area contributed by atoms with Crippen LogP contribution in [-0.2, 0) is 10.8 Å². The van der Waals surface area contributed by atoms with Gasteiger partial charge in [0.1, 0.15) is 0 Å². The average molecular weight is 209 g/mol. The van der Waals surface area contributed by atoms with Gasteiger partial charge in [0.05, 0.1) is 21.4 Å². The van der Waals surface area contributed by atoms with Gasteiger partial charge in [0.25, 0.3) is 0 Å². The van der Waals surface area contributed by atoms with E-state index in [1.165, 1.54) is 0 Å². The molecule has 14 heavy (non-hydrogen) atoms. The number of hydrogen-bond acceptors (Lipinski definition) is 2. The van der Waals surface area contributed by atoms with E-state index in [0.717, 1.165) is 23.5 Å². The van der Waals surface area contributed by atoms with Gasteiger partial charge in [0.15, 0.2) is 0 Å². The molecule has 1 aliphatic rings. The molecule has 1 aromatic rings. The van der Waals surface area contributed by atoms with Crippen molar-refractivity contribution in [3.05, 3.63) is 24.3 Å². The van der Waals surface area contributed by atoms with Crippen molar-refractivity contribution in [3.8, 4) is 0 Å². The van der Waals surface area contributed by atoms with E-state index in [1.54, 1.807) is 0 Å². The Morgan fingerprint density at radius 2 is 2.07 bits per heavy atom. The Bertz CT molecular complexity index is 373. The Morgan fingerprint density at radius 3 is 2.86 bits per heavy atom. The zero-order chi connectivity index (χ0) is 10.2. The molecule has 0 saturated carbocycles. The Morgan fingerprint density at radius 1 is 1.36 bits per heavy atom. The van der Waals surface area contributed by atoms with E-state index in [9.17, 15) is 4.21 Å². The monoisotopic (exact) mass is 209 g/mol. The van der Waals surface area contributed by atoms with Crippen LogP contribution in [0.5, 0.6) is 0 Å². The smallest absolute Gasteiger partial charge is 0.0624 e. The fourth-order valence-electron chi connectivity index (χ4n) is 1.66. The zero-order valence-electron chi connectivity index (χ0n) is 8.54. The SMILES string of the molecule is CC1(C)CCNc2ccccc2[S@@]1=O. The molecule has 0 aliphatic carbocycles. The van der Waals surface area contributed by atoms with Crippen molar-refractivity contribution in [3.63, 3.8) is 0 Å². The van der Waals surface area contributed by atoms with Crippen LogP contribution in [0.15, 0.2) is 29.2 Å². The van der Waals surface area contributed by atoms with Crippen molar-refractivity contribution in [2.24, 2.45) is 0 Å². The molecule has 0 fully saturated rings. The van der Waals surface area contributed by atoms with Crippen molar-refractivity contribution < 1.29 is 4.21 Å². The molecule has 2 nitrogen and oxygen atoms in total. The fraction of sp³-hybridized carbons (Fsp3) is 0.455. The summed E-state index contributed by atoms with van der Waals surface area (Å²) in [4.78, 5) is 0.940. The Kier molecular flexibility index (Phi) is 2.35. The lowest BCUT2D eigenvalue weighted by Crippen LogP contribution is -2.26. The van der Waals surface area contributed by atoms with E-state index in [2.05, 4.69) is 19.2 Å². The van der Waals surface area contributed by atoms with E-state index in [1.807, 2.05) is 24.3 Å². The molecule has 1 atom stereocenters. The lowest BCUT2D eigenvalue weighted by Gasteiger charge is -2.20. The summed E-state index contributed by atoms with van der Waals surface area (Å²) in [5, 5.41) is 3.32. The van der Waals surface area contributed by atoms with Crippen LogP contribution in [0.25, 0.3) is 0 Å². The van der Waals surface area contributed by atoms with Gasteiger partial charge < -0.3 is 5.32 Å². The second kappa shape index (κ2) is 3.39. The third-order valence-electron chi connectivity index (χ3n) is 2.63. The Labute approximate surface area is 87.2 Å². The maximum Gasteiger partial charge on any atom is 0.0624 e. The zero-order valence-corrected chi connectivity index (χ0v) is 9.36. The lowest BCUT2D eigenvalue weighted by molar-refractivity contribution is 0.608. The molecule has 0 unspecified atom stereocenters. The molecule has 2 rings (SSSR count). The van der Waals surface area contributed by atoms with Crippen LogP contribution in [0.1, 0.15) is 20.3 Å². The molecule has 0 aromatic heterocycles. The minimum Gasteiger partial charge on any atom is -0.384 e. The summed E-state index contributed by atoms with van der Waals surface area (Å²) >= 11 is 0. The van der Waals surface area contributed by atoms with Crippen LogP contribution in [0.3, 0.4) is 0 Å². The number of fused-ring (bicyclic) bond motifs is 1. The van der Waals surface area contributed by atoms with Gasteiger partial charge in [-0.3, -0.25) is 4.21 Å². The molecule has 3 heteroatoms. The minimum absolute atomic E-state index is 0.125. The topological polar surface area (TPSA) is 29.1 Å². The maximum atomic E-state index is 12.2. The number of nitrogens with one attached hydrogen (secondary N) is 1. The predicted octanol–water partition coefficient (Wildman–Crippen LogP) is 2.39. The van der Waals surface area contributed by atoms with E-state index in [0.29, 0.717) is 0 Å². The normalized spacial score (nSPS) is 24.6. The summed E-state index contributed by atoms with van der Waals surface area (Å²) < 4.78 is 12.1. The van der Waals surface area contributed by atoms with Gasteiger partial charge >= 0.3 is 0 Å². The third kappa shape index (κ3) is 1.57. The minimum atomic E-state index is -0.905. The van der Waals surface area contributed by atoms with Crippen molar-refractivity contribution in [2.75, 3.05) is 11.9 Å². The van der Waals surface area contributed by atoms with E-state index < -0.39 is 10.8 Å². The van der Waals surface area contributed by atoms with Gasteiger partial charge in [0, 0.05) is 11.3 Å². The molecule has 0 amide bonds. The summed E-state index contributed by atoms with van der Waals surface area (Å²) in [6.45, 7) is 5.02. The first kappa shape index (κ1) is 9.71. The highest BCUT2D eigenvalue weighted by Gasteiger charge is 2.30. The number of benzene rings is 1. The first-order valence-electron chi connectivity index (χ1n) is 4.86. The highest BCUT2D eigenvalue weighted by Crippen LogP contribution is 2.32. The first-order valence-corrected chi connectivity index (χ1v) is 6.01. The van der Waals surface area contributed by atoms with Crippen molar-refractivity contribution >= 4 is 16.5 Å². The van der Waals surface area contributed by atoms with Crippen LogP contribution < -0.4 is 5.32 Å². The van der Waals surface area contributed by atoms with E-state index >= 15 is 0 Å². The summed E-state index contributed by atoms with van der Waals surface area (Å²) in [6, 6.07) is 7.86. The Hall–Kier alpha value is -0.830. The van der Waals surface area contributed by atoms with Crippen LogP contribution in [0, 0.1) is 0 Å². The van der Waals surface area contributed by atoms with Gasteiger partial charge in [-0.15, -0.1) is 0 Å². The molecule has 0 spiro atoms. The summed E-state index contributed by atoms with van der Waals surface area (Å²) in [7, 11) is -0.905. The van der Waals surface area contributed by atoms with Crippen molar-refractivity contribution in [1.82, 2.24) is 0 Å². The number of para-hydroxylation sites is 1. The molecule has 1 heterocycles. The van der Waals surface area contributed by atoms with Gasteiger partial charge in [-0.25, -0.2) is 0 Å². The standard InChI is InChI=1S/C11H15NOS/c1-11(2)7-8-12-9-5-3-4-6-10(9)14(11)13/h3-6,12H,7-8H2,1-2H3/t14-/m0/s1. The molecule has 1 aromatic carbocycles. The molecular formula is C11H15NOS.